The second kappa shape index (κ2) is 9.08. The number of aryl methyl sites for hydroxylation is 1. The Bertz CT molecular complexity index is 986. The van der Waals surface area contributed by atoms with Crippen molar-refractivity contribution >= 4 is 5.97 Å². The predicted octanol–water partition coefficient (Wildman–Crippen LogP) is 2.70. The fourth-order valence-electron chi connectivity index (χ4n) is 3.13. The number of aromatic nitrogens is 4. The predicted molar refractivity (Wildman–Crippen MR) is 99.3 cm³/mol. The van der Waals surface area contributed by atoms with Crippen LogP contribution in [0, 0.1) is 0 Å². The van der Waals surface area contributed by atoms with Crippen molar-refractivity contribution in [2.24, 2.45) is 7.05 Å². The van der Waals surface area contributed by atoms with Gasteiger partial charge in [0.2, 0.25) is 0 Å². The first-order valence-corrected chi connectivity index (χ1v) is 9.09. The quantitative estimate of drug-likeness (QED) is 0.692. The van der Waals surface area contributed by atoms with Crippen LogP contribution in [0.5, 0.6) is 0 Å². The highest BCUT2D eigenvalue weighted by Gasteiger charge is 2.38. The van der Waals surface area contributed by atoms with E-state index in [1.807, 2.05) is 25.5 Å². The number of carboxylic acids is 1. The van der Waals surface area contributed by atoms with Crippen molar-refractivity contribution in [3.05, 3.63) is 54.4 Å². The number of carbonyl (C=O) groups is 1. The molecule has 3 aromatic rings. The molecule has 0 amide bonds. The smallest absolute Gasteiger partial charge is 0.475 e. The van der Waals surface area contributed by atoms with Gasteiger partial charge in [-0.1, -0.05) is 0 Å². The molecule has 4 heterocycles. The van der Waals surface area contributed by atoms with Gasteiger partial charge < -0.3 is 14.1 Å². The summed E-state index contributed by atoms with van der Waals surface area (Å²) in [5.41, 5.74) is 4.43. The van der Waals surface area contributed by atoms with Gasteiger partial charge in [-0.2, -0.15) is 13.2 Å². The molecule has 0 fully saturated rings. The summed E-state index contributed by atoms with van der Waals surface area (Å²) in [6.45, 7) is 2.84. The molecule has 0 atom stereocenters. The molecule has 4 rings (SSSR count). The van der Waals surface area contributed by atoms with Crippen molar-refractivity contribution in [2.75, 3.05) is 13.1 Å². The maximum Gasteiger partial charge on any atom is 0.490 e. The molecule has 0 saturated heterocycles. The van der Waals surface area contributed by atoms with Crippen LogP contribution in [-0.4, -0.2) is 54.8 Å². The van der Waals surface area contributed by atoms with E-state index >= 15 is 0 Å². The second-order valence-electron chi connectivity index (χ2n) is 6.69. The summed E-state index contributed by atoms with van der Waals surface area (Å²) in [7, 11) is 2.04. The van der Waals surface area contributed by atoms with Gasteiger partial charge in [0.1, 0.15) is 12.2 Å². The highest BCUT2D eigenvalue weighted by Crippen LogP contribution is 2.26. The Labute approximate surface area is 170 Å². The Kier molecular flexibility index (Phi) is 6.50. The van der Waals surface area contributed by atoms with Crippen LogP contribution in [0.4, 0.5) is 13.2 Å². The van der Waals surface area contributed by atoms with Gasteiger partial charge in [0.15, 0.2) is 0 Å². The Morgan fingerprint density at radius 3 is 2.57 bits per heavy atom. The zero-order valence-electron chi connectivity index (χ0n) is 16.1. The minimum atomic E-state index is -5.08. The summed E-state index contributed by atoms with van der Waals surface area (Å²) in [4.78, 5) is 24.8. The number of hydrogen-bond acceptors (Lipinski definition) is 6. The van der Waals surface area contributed by atoms with E-state index in [0.717, 1.165) is 55.3 Å². The number of rotatable bonds is 3. The first-order chi connectivity index (χ1) is 14.3. The van der Waals surface area contributed by atoms with Gasteiger partial charge in [-0.3, -0.25) is 4.90 Å². The standard InChI is InChI=1S/C17H19N5O.C2HF3O2/c1-21-8-5-18-16(21)10-22-6-2-14-15(3-7-22)19-12-20-17(14)13-4-9-23-11-13;3-2(4,5)1(6)7/h4-5,8-9,11-12H,2-3,6-7,10H2,1H3;(H,6,7). The molecule has 30 heavy (non-hydrogen) atoms. The summed E-state index contributed by atoms with van der Waals surface area (Å²) in [5, 5.41) is 7.12. The van der Waals surface area contributed by atoms with Gasteiger partial charge in [0.25, 0.3) is 0 Å². The van der Waals surface area contributed by atoms with Crippen molar-refractivity contribution in [3.8, 4) is 11.3 Å². The van der Waals surface area contributed by atoms with Gasteiger partial charge in [-0.15, -0.1) is 0 Å². The van der Waals surface area contributed by atoms with E-state index < -0.39 is 12.1 Å². The van der Waals surface area contributed by atoms with Gasteiger partial charge >= 0.3 is 12.1 Å². The van der Waals surface area contributed by atoms with Gasteiger partial charge in [0.05, 0.1) is 24.8 Å². The lowest BCUT2D eigenvalue weighted by molar-refractivity contribution is -0.192. The average Bonchev–Trinajstić information content (AvgIpc) is 3.31. The van der Waals surface area contributed by atoms with Gasteiger partial charge in [-0.05, 0) is 12.5 Å². The van der Waals surface area contributed by atoms with Crippen molar-refractivity contribution in [3.63, 3.8) is 0 Å². The number of halogens is 3. The summed E-state index contributed by atoms with van der Waals surface area (Å²) >= 11 is 0. The number of alkyl halides is 3. The third-order valence-corrected chi connectivity index (χ3v) is 4.70. The fraction of sp³-hybridized carbons (Fsp3) is 0.368. The van der Waals surface area contributed by atoms with Crippen LogP contribution in [0.1, 0.15) is 17.1 Å². The fourth-order valence-corrected chi connectivity index (χ4v) is 3.13. The SMILES string of the molecule is Cn1ccnc1CN1CCc2ncnc(-c3ccoc3)c2CC1.O=C(O)C(F)(F)F. The number of hydrogen-bond donors (Lipinski definition) is 1. The lowest BCUT2D eigenvalue weighted by Crippen LogP contribution is -2.27. The van der Waals surface area contributed by atoms with Crippen molar-refractivity contribution in [2.45, 2.75) is 25.6 Å². The molecule has 0 unspecified atom stereocenters. The highest BCUT2D eigenvalue weighted by molar-refractivity contribution is 5.73. The molecule has 8 nitrogen and oxygen atoms in total. The molecule has 0 saturated carbocycles. The van der Waals surface area contributed by atoms with Crippen molar-refractivity contribution in [1.82, 2.24) is 24.4 Å². The van der Waals surface area contributed by atoms with E-state index in [1.165, 1.54) is 5.56 Å². The lowest BCUT2D eigenvalue weighted by atomic mass is 10.0. The maximum absolute atomic E-state index is 10.6. The van der Waals surface area contributed by atoms with E-state index in [4.69, 9.17) is 14.3 Å². The Balaban J connectivity index is 0.000000318. The molecule has 3 aromatic heterocycles. The Morgan fingerprint density at radius 2 is 1.97 bits per heavy atom. The topological polar surface area (TPSA) is 97.3 Å². The zero-order valence-corrected chi connectivity index (χ0v) is 16.1. The van der Waals surface area contributed by atoms with Crippen molar-refractivity contribution in [1.29, 1.82) is 0 Å². The minimum absolute atomic E-state index is 0.867. The normalized spacial score (nSPS) is 14.4. The van der Waals surface area contributed by atoms with Crippen LogP contribution >= 0.6 is 0 Å². The van der Waals surface area contributed by atoms with Crippen LogP contribution in [0.15, 0.2) is 41.7 Å². The van der Waals surface area contributed by atoms with Crippen LogP contribution in [0.2, 0.25) is 0 Å². The molecule has 0 bridgehead atoms. The maximum atomic E-state index is 10.6. The number of carboxylic acid groups (broad SMARTS) is 1. The molecular weight excluding hydrogens is 403 g/mol. The second-order valence-corrected chi connectivity index (χ2v) is 6.69. The summed E-state index contributed by atoms with van der Waals surface area (Å²) in [6, 6.07) is 1.96. The summed E-state index contributed by atoms with van der Waals surface area (Å²) < 4.78 is 39.0. The molecule has 0 aromatic carbocycles. The monoisotopic (exact) mass is 423 g/mol. The van der Waals surface area contributed by atoms with Crippen LogP contribution < -0.4 is 0 Å². The van der Waals surface area contributed by atoms with Gasteiger partial charge in [0, 0.05) is 55.8 Å². The first kappa shape index (κ1) is 21.5. The van der Waals surface area contributed by atoms with E-state index in [-0.39, 0.29) is 0 Å². The molecule has 1 N–H and O–H groups in total. The largest absolute Gasteiger partial charge is 0.490 e. The molecule has 160 valence electrons. The molecule has 1 aliphatic heterocycles. The number of aliphatic carboxylic acids is 1. The van der Waals surface area contributed by atoms with Crippen molar-refractivity contribution < 1.29 is 27.5 Å². The van der Waals surface area contributed by atoms with E-state index in [0.29, 0.717) is 0 Å². The minimum Gasteiger partial charge on any atom is -0.475 e. The molecule has 1 aliphatic rings. The Hall–Kier alpha value is -3.21. The van der Waals surface area contributed by atoms with Gasteiger partial charge in [-0.25, -0.2) is 19.7 Å². The molecule has 11 heteroatoms. The summed E-state index contributed by atoms with van der Waals surface area (Å²) in [6.07, 6.45) is 5.74. The molecule has 0 spiro atoms. The lowest BCUT2D eigenvalue weighted by Gasteiger charge is -2.19. The number of fused-ring (bicyclic) bond motifs is 1. The molecular formula is C19H20F3N5O3. The number of nitrogens with zero attached hydrogens (tertiary/aromatic N) is 5. The van der Waals surface area contributed by atoms with Crippen LogP contribution in [0.3, 0.4) is 0 Å². The molecule has 0 radical (unpaired) electrons. The zero-order chi connectivity index (χ0) is 21.7. The van der Waals surface area contributed by atoms with Crippen LogP contribution in [-0.2, 0) is 31.2 Å². The number of furan rings is 1. The third kappa shape index (κ3) is 5.23. The Morgan fingerprint density at radius 1 is 1.23 bits per heavy atom. The summed E-state index contributed by atoms with van der Waals surface area (Å²) in [5.74, 6) is -1.66. The third-order valence-electron chi connectivity index (χ3n) is 4.70. The van der Waals surface area contributed by atoms with E-state index in [1.54, 1.807) is 18.9 Å². The highest BCUT2D eigenvalue weighted by atomic mass is 19.4. The average molecular weight is 423 g/mol. The first-order valence-electron chi connectivity index (χ1n) is 9.09. The number of imidazole rings is 1. The van der Waals surface area contributed by atoms with Crippen LogP contribution in [0.25, 0.3) is 11.3 Å². The molecule has 0 aliphatic carbocycles. The van der Waals surface area contributed by atoms with E-state index in [9.17, 15) is 13.2 Å². The van der Waals surface area contributed by atoms with E-state index in [2.05, 4.69) is 24.4 Å².